The molecule has 0 aliphatic heterocycles. The molecule has 0 fully saturated rings. The first-order valence-corrected chi connectivity index (χ1v) is 6.81. The topological polar surface area (TPSA) is 73.0 Å². The molecule has 1 unspecified atom stereocenters. The molecule has 0 aliphatic rings. The Morgan fingerprint density at radius 3 is 2.53 bits per heavy atom. The highest BCUT2D eigenvalue weighted by Gasteiger charge is 2.27. The van der Waals surface area contributed by atoms with Crippen LogP contribution in [0.3, 0.4) is 0 Å². The van der Waals surface area contributed by atoms with Crippen molar-refractivity contribution < 1.29 is 4.92 Å². The van der Waals surface area contributed by atoms with E-state index in [-0.39, 0.29) is 22.7 Å². The lowest BCUT2D eigenvalue weighted by Gasteiger charge is -2.17. The fourth-order valence-corrected chi connectivity index (χ4v) is 2.37. The summed E-state index contributed by atoms with van der Waals surface area (Å²) in [5, 5.41) is 18.8. The molecule has 0 radical (unpaired) electrons. The number of hydrogen-bond acceptors (Lipinski definition) is 4. The standard InChI is InChI=1S/C13H24N4O2/c1-6-7-11(14-5)8-12-13(17(18)19)10(4)15-16(12)9(2)3/h9,11,14H,6-8H2,1-5H3. The molecule has 1 aromatic rings. The summed E-state index contributed by atoms with van der Waals surface area (Å²) < 4.78 is 1.79. The molecule has 19 heavy (non-hydrogen) atoms. The van der Waals surface area contributed by atoms with Gasteiger partial charge in [-0.15, -0.1) is 0 Å². The third-order valence-electron chi connectivity index (χ3n) is 3.31. The minimum Gasteiger partial charge on any atom is -0.317 e. The Hall–Kier alpha value is -1.43. The van der Waals surface area contributed by atoms with Gasteiger partial charge in [-0.3, -0.25) is 14.8 Å². The number of hydrogen-bond donors (Lipinski definition) is 1. The summed E-state index contributed by atoms with van der Waals surface area (Å²) in [6.45, 7) is 7.81. The monoisotopic (exact) mass is 268 g/mol. The second-order valence-electron chi connectivity index (χ2n) is 5.15. The molecule has 0 aliphatic carbocycles. The summed E-state index contributed by atoms with van der Waals surface area (Å²) in [4.78, 5) is 10.9. The molecule has 6 nitrogen and oxygen atoms in total. The third-order valence-corrected chi connectivity index (χ3v) is 3.31. The molecule has 0 spiro atoms. The number of rotatable bonds is 7. The van der Waals surface area contributed by atoms with E-state index in [0.717, 1.165) is 18.5 Å². The predicted molar refractivity (Wildman–Crippen MR) is 75.5 cm³/mol. The molecular formula is C13H24N4O2. The van der Waals surface area contributed by atoms with Gasteiger partial charge in [0.2, 0.25) is 0 Å². The van der Waals surface area contributed by atoms with E-state index in [0.29, 0.717) is 12.1 Å². The summed E-state index contributed by atoms with van der Waals surface area (Å²) in [7, 11) is 1.90. The highest BCUT2D eigenvalue weighted by molar-refractivity contribution is 5.41. The number of nitro groups is 1. The smallest absolute Gasteiger partial charge is 0.313 e. The lowest BCUT2D eigenvalue weighted by atomic mass is 10.0. The molecular weight excluding hydrogens is 244 g/mol. The molecule has 1 rings (SSSR count). The summed E-state index contributed by atoms with van der Waals surface area (Å²) in [6.07, 6.45) is 2.68. The average molecular weight is 268 g/mol. The van der Waals surface area contributed by atoms with Crippen molar-refractivity contribution in [3.63, 3.8) is 0 Å². The average Bonchev–Trinajstić information content (AvgIpc) is 2.65. The first-order valence-electron chi connectivity index (χ1n) is 6.81. The van der Waals surface area contributed by atoms with Crippen LogP contribution >= 0.6 is 0 Å². The Morgan fingerprint density at radius 1 is 1.47 bits per heavy atom. The van der Waals surface area contributed by atoms with Gasteiger partial charge in [0.05, 0.1) is 4.92 Å². The van der Waals surface area contributed by atoms with Gasteiger partial charge in [-0.2, -0.15) is 5.10 Å². The Morgan fingerprint density at radius 2 is 2.11 bits per heavy atom. The van der Waals surface area contributed by atoms with E-state index in [1.165, 1.54) is 0 Å². The molecule has 1 heterocycles. The molecule has 0 bridgehead atoms. The maximum absolute atomic E-state index is 11.2. The maximum Gasteiger partial charge on any atom is 0.313 e. The zero-order valence-corrected chi connectivity index (χ0v) is 12.4. The van der Waals surface area contributed by atoms with E-state index in [1.807, 2.05) is 20.9 Å². The fourth-order valence-electron chi connectivity index (χ4n) is 2.37. The van der Waals surface area contributed by atoms with Gasteiger partial charge in [0.1, 0.15) is 11.4 Å². The van der Waals surface area contributed by atoms with Crippen LogP contribution in [0, 0.1) is 17.0 Å². The molecule has 1 aromatic heterocycles. The van der Waals surface area contributed by atoms with E-state index in [4.69, 9.17) is 0 Å². The predicted octanol–water partition coefficient (Wildman–Crippen LogP) is 2.61. The van der Waals surface area contributed by atoms with Crippen LogP contribution in [0.25, 0.3) is 0 Å². The molecule has 6 heteroatoms. The minimum atomic E-state index is -0.310. The van der Waals surface area contributed by atoms with Crippen molar-refractivity contribution in [3.05, 3.63) is 21.5 Å². The third kappa shape index (κ3) is 3.53. The first-order chi connectivity index (χ1) is 8.92. The summed E-state index contributed by atoms with van der Waals surface area (Å²) >= 11 is 0. The van der Waals surface area contributed by atoms with Gasteiger partial charge in [-0.1, -0.05) is 13.3 Å². The van der Waals surface area contributed by atoms with Gasteiger partial charge < -0.3 is 5.32 Å². The quantitative estimate of drug-likeness (QED) is 0.609. The number of aromatic nitrogens is 2. The minimum absolute atomic E-state index is 0.126. The summed E-state index contributed by atoms with van der Waals surface area (Å²) in [6, 6.07) is 0.374. The highest BCUT2D eigenvalue weighted by Crippen LogP contribution is 2.27. The fraction of sp³-hybridized carbons (Fsp3) is 0.769. The van der Waals surface area contributed by atoms with E-state index < -0.39 is 0 Å². The van der Waals surface area contributed by atoms with Gasteiger partial charge in [0, 0.05) is 18.5 Å². The maximum atomic E-state index is 11.2. The van der Waals surface area contributed by atoms with E-state index in [1.54, 1.807) is 11.6 Å². The number of nitrogens with zero attached hydrogens (tertiary/aromatic N) is 3. The lowest BCUT2D eigenvalue weighted by molar-refractivity contribution is -0.386. The van der Waals surface area contributed by atoms with Gasteiger partial charge in [-0.05, 0) is 34.2 Å². The lowest BCUT2D eigenvalue weighted by Crippen LogP contribution is -2.29. The van der Waals surface area contributed by atoms with Gasteiger partial charge in [0.15, 0.2) is 0 Å². The number of nitrogens with one attached hydrogen (secondary N) is 1. The van der Waals surface area contributed by atoms with Crippen molar-refractivity contribution >= 4 is 5.69 Å². The van der Waals surface area contributed by atoms with Crippen LogP contribution in [0.1, 0.15) is 51.0 Å². The van der Waals surface area contributed by atoms with Crippen molar-refractivity contribution in [2.24, 2.45) is 0 Å². The van der Waals surface area contributed by atoms with Crippen LogP contribution in [-0.4, -0.2) is 27.8 Å². The second kappa shape index (κ2) is 6.65. The van der Waals surface area contributed by atoms with Crippen LogP contribution in [0.5, 0.6) is 0 Å². The number of aryl methyl sites for hydroxylation is 1. The van der Waals surface area contributed by atoms with Crippen LogP contribution in [0.4, 0.5) is 5.69 Å². The molecule has 0 saturated carbocycles. The SMILES string of the molecule is CCCC(Cc1c([N+](=O)[O-])c(C)nn1C(C)C)NC. The van der Waals surface area contributed by atoms with Gasteiger partial charge >= 0.3 is 5.69 Å². The normalized spacial score (nSPS) is 12.9. The largest absolute Gasteiger partial charge is 0.317 e. The van der Waals surface area contributed by atoms with Crippen LogP contribution < -0.4 is 5.32 Å². The Labute approximate surface area is 114 Å². The molecule has 108 valence electrons. The molecule has 0 saturated heterocycles. The zero-order valence-electron chi connectivity index (χ0n) is 12.4. The second-order valence-corrected chi connectivity index (χ2v) is 5.15. The van der Waals surface area contributed by atoms with E-state index in [2.05, 4.69) is 17.3 Å². The zero-order chi connectivity index (χ0) is 14.6. The van der Waals surface area contributed by atoms with Crippen LogP contribution in [0.15, 0.2) is 0 Å². The van der Waals surface area contributed by atoms with Crippen molar-refractivity contribution in [1.82, 2.24) is 15.1 Å². The summed E-state index contributed by atoms with van der Waals surface area (Å²) in [5.41, 5.74) is 1.40. The Bertz CT molecular complexity index is 440. The molecule has 0 amide bonds. The van der Waals surface area contributed by atoms with E-state index in [9.17, 15) is 10.1 Å². The highest BCUT2D eigenvalue weighted by atomic mass is 16.6. The van der Waals surface area contributed by atoms with Crippen molar-refractivity contribution in [2.75, 3.05) is 7.05 Å². The van der Waals surface area contributed by atoms with E-state index >= 15 is 0 Å². The summed E-state index contributed by atoms with van der Waals surface area (Å²) in [5.74, 6) is 0. The van der Waals surface area contributed by atoms with Gasteiger partial charge in [-0.25, -0.2) is 0 Å². The van der Waals surface area contributed by atoms with Crippen LogP contribution in [0.2, 0.25) is 0 Å². The van der Waals surface area contributed by atoms with Crippen molar-refractivity contribution in [2.45, 2.75) is 59.0 Å². The van der Waals surface area contributed by atoms with Crippen molar-refractivity contribution in [1.29, 1.82) is 0 Å². The molecule has 0 aromatic carbocycles. The first kappa shape index (κ1) is 15.6. The molecule has 1 atom stereocenters. The van der Waals surface area contributed by atoms with Gasteiger partial charge in [0.25, 0.3) is 0 Å². The Kier molecular flexibility index (Phi) is 5.47. The van der Waals surface area contributed by atoms with Crippen LogP contribution in [-0.2, 0) is 6.42 Å². The number of likely N-dealkylation sites (N-methyl/N-ethyl adjacent to an activating group) is 1. The Balaban J connectivity index is 3.17. The molecule has 1 N–H and O–H groups in total. The van der Waals surface area contributed by atoms with Crippen molar-refractivity contribution in [3.8, 4) is 0 Å².